The third-order valence-electron chi connectivity index (χ3n) is 3.97. The van der Waals surface area contributed by atoms with Crippen molar-refractivity contribution in [3.8, 4) is 0 Å². The molecule has 0 heterocycles. The molecule has 0 radical (unpaired) electrons. The van der Waals surface area contributed by atoms with E-state index in [9.17, 15) is 14.4 Å². The van der Waals surface area contributed by atoms with E-state index in [2.05, 4.69) is 10.6 Å². The number of ether oxygens (including phenoxy) is 1. The zero-order chi connectivity index (χ0) is 20.4. The van der Waals surface area contributed by atoms with Crippen molar-refractivity contribution in [2.24, 2.45) is 0 Å². The molecule has 0 aliphatic carbocycles. The average molecular weight is 385 g/mol. The Kier molecular flexibility index (Phi) is 7.98. The number of hydrogen-bond acceptors (Lipinski definition) is 5. The van der Waals surface area contributed by atoms with E-state index in [0.717, 1.165) is 11.1 Å². The highest BCUT2D eigenvalue weighted by atomic mass is 16.5. The first-order valence-corrected chi connectivity index (χ1v) is 8.75. The second-order valence-electron chi connectivity index (χ2n) is 6.15. The van der Waals surface area contributed by atoms with Crippen LogP contribution < -0.4 is 16.1 Å². The van der Waals surface area contributed by atoms with E-state index in [-0.39, 0.29) is 13.0 Å². The fraction of sp³-hybridized carbons (Fsp3) is 0.250. The Balaban J connectivity index is 2.01. The number of hydroxylamine groups is 1. The largest absolute Gasteiger partial charge is 0.445 e. The van der Waals surface area contributed by atoms with Crippen molar-refractivity contribution >= 4 is 17.9 Å². The normalized spacial score (nSPS) is 12.4. The van der Waals surface area contributed by atoms with E-state index in [1.165, 1.54) is 12.4 Å². The monoisotopic (exact) mass is 385 g/mol. The predicted octanol–water partition coefficient (Wildman–Crippen LogP) is 1.53. The molecule has 2 aromatic rings. The van der Waals surface area contributed by atoms with Gasteiger partial charge in [-0.1, -0.05) is 60.7 Å². The second kappa shape index (κ2) is 10.7. The molecule has 0 bridgehead atoms. The van der Waals surface area contributed by atoms with Gasteiger partial charge in [0.25, 0.3) is 5.91 Å². The highest BCUT2D eigenvalue weighted by molar-refractivity contribution is 5.90. The molecule has 8 nitrogen and oxygen atoms in total. The molecule has 0 unspecified atom stereocenters. The van der Waals surface area contributed by atoms with Crippen LogP contribution in [0.2, 0.25) is 0 Å². The molecule has 2 aromatic carbocycles. The first-order valence-electron chi connectivity index (χ1n) is 8.75. The molecule has 0 fully saturated rings. The summed E-state index contributed by atoms with van der Waals surface area (Å²) in [6.07, 6.45) is -0.542. The summed E-state index contributed by atoms with van der Waals surface area (Å²) in [4.78, 5) is 36.1. The van der Waals surface area contributed by atoms with Crippen molar-refractivity contribution in [1.82, 2.24) is 16.1 Å². The number of benzene rings is 2. The standard InChI is InChI=1S/C20H23N3O5/c1-14(18(24)23-27)21-19(25)17(12-15-8-4-2-5-9-15)22-20(26)28-13-16-10-6-3-7-11-16/h2-11,14,17,27H,12-13H2,1H3,(H,21,25)(H,22,26)(H,23,24)/t14-,17+/m1/s1. The lowest BCUT2D eigenvalue weighted by molar-refractivity contribution is -0.134. The number of amides is 3. The Morgan fingerprint density at radius 1 is 0.893 bits per heavy atom. The molecular formula is C20H23N3O5. The Bertz CT molecular complexity index is 783. The van der Waals surface area contributed by atoms with Gasteiger partial charge in [0, 0.05) is 6.42 Å². The molecular weight excluding hydrogens is 362 g/mol. The number of alkyl carbamates (subject to hydrolysis) is 1. The molecule has 148 valence electrons. The quantitative estimate of drug-likeness (QED) is 0.406. The predicted molar refractivity (Wildman–Crippen MR) is 101 cm³/mol. The summed E-state index contributed by atoms with van der Waals surface area (Å²) in [5, 5.41) is 13.7. The molecule has 4 N–H and O–H groups in total. The first-order chi connectivity index (χ1) is 13.5. The summed E-state index contributed by atoms with van der Waals surface area (Å²) in [6, 6.07) is 16.3. The summed E-state index contributed by atoms with van der Waals surface area (Å²) < 4.78 is 5.17. The van der Waals surface area contributed by atoms with Gasteiger partial charge < -0.3 is 15.4 Å². The SMILES string of the molecule is C[C@@H](NC(=O)[C@H](Cc1ccccc1)NC(=O)OCc1ccccc1)C(=O)NO. The van der Waals surface area contributed by atoms with E-state index in [4.69, 9.17) is 9.94 Å². The van der Waals surface area contributed by atoms with Gasteiger partial charge in [-0.05, 0) is 18.1 Å². The zero-order valence-electron chi connectivity index (χ0n) is 15.4. The molecule has 0 aromatic heterocycles. The van der Waals surface area contributed by atoms with E-state index >= 15 is 0 Å². The summed E-state index contributed by atoms with van der Waals surface area (Å²) in [7, 11) is 0. The molecule has 0 saturated heterocycles. The maximum atomic E-state index is 12.5. The second-order valence-corrected chi connectivity index (χ2v) is 6.15. The van der Waals surface area contributed by atoms with Gasteiger partial charge in [-0.2, -0.15) is 0 Å². The molecule has 28 heavy (non-hydrogen) atoms. The first kappa shape index (κ1) is 20.9. The van der Waals surface area contributed by atoms with Crippen LogP contribution in [0.15, 0.2) is 60.7 Å². The summed E-state index contributed by atoms with van der Waals surface area (Å²) in [6.45, 7) is 1.48. The highest BCUT2D eigenvalue weighted by Crippen LogP contribution is 2.06. The van der Waals surface area contributed by atoms with Gasteiger partial charge in [-0.3, -0.25) is 14.8 Å². The lowest BCUT2D eigenvalue weighted by atomic mass is 10.1. The maximum absolute atomic E-state index is 12.5. The van der Waals surface area contributed by atoms with Crippen LogP contribution in [0.3, 0.4) is 0 Å². The number of carbonyl (C=O) groups excluding carboxylic acids is 3. The minimum absolute atomic E-state index is 0.0651. The van der Waals surface area contributed by atoms with Crippen LogP contribution in [0.1, 0.15) is 18.1 Å². The van der Waals surface area contributed by atoms with Crippen LogP contribution in [0, 0.1) is 0 Å². The van der Waals surface area contributed by atoms with Crippen molar-refractivity contribution in [3.05, 3.63) is 71.8 Å². The molecule has 0 aliphatic heterocycles. The fourth-order valence-electron chi connectivity index (χ4n) is 2.44. The van der Waals surface area contributed by atoms with E-state index in [1.54, 1.807) is 0 Å². The average Bonchev–Trinajstić information content (AvgIpc) is 2.72. The third kappa shape index (κ3) is 6.73. The maximum Gasteiger partial charge on any atom is 0.408 e. The van der Waals surface area contributed by atoms with Crippen LogP contribution >= 0.6 is 0 Å². The Labute approximate surface area is 162 Å². The lowest BCUT2D eigenvalue weighted by Crippen LogP contribution is -2.53. The molecule has 0 spiro atoms. The van der Waals surface area contributed by atoms with Crippen molar-refractivity contribution in [2.45, 2.75) is 32.0 Å². The fourth-order valence-corrected chi connectivity index (χ4v) is 2.44. The minimum Gasteiger partial charge on any atom is -0.445 e. The summed E-state index contributed by atoms with van der Waals surface area (Å²) in [5.74, 6) is -1.34. The molecule has 2 atom stereocenters. The Morgan fingerprint density at radius 3 is 2.04 bits per heavy atom. The Morgan fingerprint density at radius 2 is 1.46 bits per heavy atom. The molecule has 0 aliphatic rings. The van der Waals surface area contributed by atoms with Gasteiger partial charge in [0.2, 0.25) is 5.91 Å². The van der Waals surface area contributed by atoms with Crippen LogP contribution in [0.5, 0.6) is 0 Å². The van der Waals surface area contributed by atoms with E-state index in [0.29, 0.717) is 0 Å². The third-order valence-corrected chi connectivity index (χ3v) is 3.97. The van der Waals surface area contributed by atoms with Crippen LogP contribution in [0.25, 0.3) is 0 Å². The van der Waals surface area contributed by atoms with Gasteiger partial charge in [-0.15, -0.1) is 0 Å². The van der Waals surface area contributed by atoms with Gasteiger partial charge in [0.15, 0.2) is 0 Å². The number of carbonyl (C=O) groups is 3. The smallest absolute Gasteiger partial charge is 0.408 e. The summed E-state index contributed by atoms with van der Waals surface area (Å²) >= 11 is 0. The summed E-state index contributed by atoms with van der Waals surface area (Å²) in [5.41, 5.74) is 3.11. The molecule has 2 rings (SSSR count). The van der Waals surface area contributed by atoms with E-state index in [1.807, 2.05) is 60.7 Å². The molecule has 0 saturated carbocycles. The zero-order valence-corrected chi connectivity index (χ0v) is 15.4. The van der Waals surface area contributed by atoms with Crippen LogP contribution in [-0.2, 0) is 27.4 Å². The highest BCUT2D eigenvalue weighted by Gasteiger charge is 2.25. The van der Waals surface area contributed by atoms with Crippen molar-refractivity contribution in [1.29, 1.82) is 0 Å². The Hall–Kier alpha value is -3.39. The lowest BCUT2D eigenvalue weighted by Gasteiger charge is -2.20. The van der Waals surface area contributed by atoms with Crippen molar-refractivity contribution in [2.75, 3.05) is 0 Å². The van der Waals surface area contributed by atoms with Gasteiger partial charge in [0.05, 0.1) is 0 Å². The topological polar surface area (TPSA) is 117 Å². The van der Waals surface area contributed by atoms with Gasteiger partial charge >= 0.3 is 6.09 Å². The van der Waals surface area contributed by atoms with Gasteiger partial charge in [-0.25, -0.2) is 10.3 Å². The van der Waals surface area contributed by atoms with Crippen molar-refractivity contribution < 1.29 is 24.3 Å². The number of hydrogen-bond donors (Lipinski definition) is 4. The number of nitrogens with one attached hydrogen (secondary N) is 3. The van der Waals surface area contributed by atoms with Crippen LogP contribution in [0.4, 0.5) is 4.79 Å². The van der Waals surface area contributed by atoms with Crippen LogP contribution in [-0.4, -0.2) is 35.2 Å². The number of rotatable bonds is 8. The van der Waals surface area contributed by atoms with Gasteiger partial charge in [0.1, 0.15) is 18.7 Å². The molecule has 8 heteroatoms. The minimum atomic E-state index is -0.974. The van der Waals surface area contributed by atoms with E-state index < -0.39 is 30.0 Å². The molecule has 3 amide bonds. The van der Waals surface area contributed by atoms with Crippen molar-refractivity contribution in [3.63, 3.8) is 0 Å².